The van der Waals surface area contributed by atoms with Crippen molar-refractivity contribution in [1.82, 2.24) is 19.9 Å². The number of hydrogen-bond donors (Lipinski definition) is 0. The molecule has 10 heteroatoms. The van der Waals surface area contributed by atoms with Crippen LogP contribution in [0, 0.1) is 142 Å². The van der Waals surface area contributed by atoms with Crippen molar-refractivity contribution < 1.29 is 308 Å². The average Bonchev–Trinajstić information content (AvgIpc) is 0.756. The smallest absolute Gasteiger partial charge is 0.391 e. The monoisotopic (exact) mass is 1720 g/mol. The number of pyridine rings is 4. The van der Waals surface area contributed by atoms with Crippen LogP contribution in [0.4, 0.5) is 0 Å². The average molecular weight is 1720 g/mol. The van der Waals surface area contributed by atoms with Crippen molar-refractivity contribution in [1.29, 1.82) is 0 Å². The summed E-state index contributed by atoms with van der Waals surface area (Å²) in [6, 6.07) is 38.2. The Kier molecular flexibility index (Phi) is 80.7. The Labute approximate surface area is 972 Å². The van der Waals surface area contributed by atoms with E-state index in [0.29, 0.717) is 0 Å². The maximum Gasteiger partial charge on any atom is 1.00 e. The van der Waals surface area contributed by atoms with Crippen LogP contribution in [-0.2, 0) is 16.2 Å². The molecule has 2 aromatic carbocycles. The molecule has 0 amide bonds. The molecule has 0 N–H and O–H groups in total. The molecule has 0 unspecified atom stereocenters. The molecule has 0 atom stereocenters. The Hall–Kier alpha value is 4.08. The van der Waals surface area contributed by atoms with Gasteiger partial charge in [0, 0.05) is 0 Å². The maximum atomic E-state index is 4.55. The van der Waals surface area contributed by atoms with Crippen LogP contribution >= 0.6 is 0 Å². The normalized spacial score (nSPS) is 11.5. The summed E-state index contributed by atoms with van der Waals surface area (Å²) in [5.74, 6) is 4.26. The molecule has 4 heterocycles. The summed E-state index contributed by atoms with van der Waals surface area (Å²) >= 11 is 0. The molecule has 0 saturated carbocycles. The van der Waals surface area contributed by atoms with E-state index in [1.807, 2.05) is 156 Å². The van der Waals surface area contributed by atoms with Crippen LogP contribution in [-0.4, -0.2) is 19.9 Å². The van der Waals surface area contributed by atoms with E-state index in [1.165, 1.54) is 34.4 Å². The van der Waals surface area contributed by atoms with Crippen molar-refractivity contribution in [3.63, 3.8) is 0 Å². The van der Waals surface area contributed by atoms with E-state index in [4.69, 9.17) is 0 Å². The molecule has 0 aliphatic carbocycles. The van der Waals surface area contributed by atoms with E-state index in [9.17, 15) is 0 Å². The summed E-state index contributed by atoms with van der Waals surface area (Å²) in [5, 5.41) is 0. The molecule has 0 aliphatic heterocycles. The fourth-order valence-corrected chi connectivity index (χ4v) is 15.3. The maximum absolute atomic E-state index is 4.55. The summed E-state index contributed by atoms with van der Waals surface area (Å²) in [6.45, 7) is 131. The first-order valence-electron chi connectivity index (χ1n) is 41.0. The van der Waals surface area contributed by atoms with Crippen molar-refractivity contribution in [2.24, 2.45) is 65.0 Å². The minimum Gasteiger partial charge on any atom is -0.391 e. The van der Waals surface area contributed by atoms with Gasteiger partial charge in [-0.1, -0.05) is 428 Å². The van der Waals surface area contributed by atoms with Crippen LogP contribution in [0.2, 0.25) is 0 Å². The van der Waals surface area contributed by atoms with E-state index >= 15 is 0 Å². The van der Waals surface area contributed by atoms with Gasteiger partial charge in [-0.25, -0.2) is 59.8 Å². The molecule has 0 spiro atoms. The standard InChI is InChI=1S/2C16H24.4C15H23N.6C2H6.6K/c1-14(2,3)16(7,15(4,5)6)13-11-9-8-10-12-13;1-12-10-8-9-11-13(12)14(15(2,3)4)16(5,6)7;1-11-8-9-16-10-12(11)13(14(2,3)4)15(5,6)7;1-13(2,3)15(7,14(4,5)6)12-9-8-10-16-11-12;1-13(2,3)15(7,14(4,5)6)12-10-8-9-11-16-12;1-11-9-8-10-16-12(11)13(14(2,3)4)15(5,6)7;6*1-2;;;;;;/h8-11H,7H2,1-6H3;8-11H,1H2,2-7H3;8-10H,1H2,2-7H3;8,10-11H,7H2,1-6H3;8-9,11H,7H2,1-6H3;8-10H,1H2,2-7H3;6*1-2H3;;;;;;/q6*-2;;;;;;;6*+1. The van der Waals surface area contributed by atoms with Crippen LogP contribution in [0.1, 0.15) is 383 Å². The number of aromatic nitrogens is 4. The molecule has 4 aromatic heterocycles. The van der Waals surface area contributed by atoms with Gasteiger partial charge in [-0.3, -0.25) is 43.0 Å². The predicted molar refractivity (Wildman–Crippen MR) is 489 cm³/mol. The summed E-state index contributed by atoms with van der Waals surface area (Å²) in [5.41, 5.74) is 10.7. The Bertz CT molecular complexity index is 2800. The molecule has 0 radical (unpaired) electrons. The summed E-state index contributed by atoms with van der Waals surface area (Å²) < 4.78 is 0. The third kappa shape index (κ3) is 46.9. The van der Waals surface area contributed by atoms with Gasteiger partial charge in [0.15, 0.2) is 0 Å². The van der Waals surface area contributed by atoms with Crippen LogP contribution in [0.3, 0.4) is 0 Å². The largest absolute Gasteiger partial charge is 1.00 e. The number of hydrogen-bond acceptors (Lipinski definition) is 4. The fraction of sp³-hybridized carbons (Fsp3) is 0.606. The zero-order valence-corrected chi connectivity index (χ0v) is 105. The Morgan fingerprint density at radius 3 is 0.851 bits per heavy atom. The molecular weight excluding hydrogens is 1540 g/mol. The molecule has 6 aromatic rings. The molecule has 0 fully saturated rings. The van der Waals surface area contributed by atoms with Crippen LogP contribution < -0.4 is 308 Å². The van der Waals surface area contributed by atoms with Gasteiger partial charge >= 0.3 is 308 Å². The minimum absolute atomic E-state index is 0. The van der Waals surface area contributed by atoms with Gasteiger partial charge in [0.1, 0.15) is 0 Å². The van der Waals surface area contributed by atoms with E-state index < -0.39 is 0 Å². The van der Waals surface area contributed by atoms with Crippen LogP contribution in [0.5, 0.6) is 0 Å². The van der Waals surface area contributed by atoms with Crippen molar-refractivity contribution in [3.05, 3.63) is 250 Å². The Morgan fingerprint density at radius 1 is 0.263 bits per heavy atom. The zero-order chi connectivity index (χ0) is 87.5. The van der Waals surface area contributed by atoms with Gasteiger partial charge in [0.25, 0.3) is 0 Å². The quantitative estimate of drug-likeness (QED) is 0.123. The first-order valence-corrected chi connectivity index (χ1v) is 41.0. The molecule has 0 bridgehead atoms. The van der Waals surface area contributed by atoms with Crippen molar-refractivity contribution in [2.75, 3.05) is 0 Å². The molecule has 0 saturated heterocycles. The first kappa shape index (κ1) is 144. The predicted octanol–water partition coefficient (Wildman–Crippen LogP) is 14.4. The summed E-state index contributed by atoms with van der Waals surface area (Å²) in [7, 11) is 0. The summed E-state index contributed by atoms with van der Waals surface area (Å²) in [4.78, 5) is 17.4. The van der Waals surface area contributed by atoms with E-state index in [-0.39, 0.29) is 390 Å². The minimum atomic E-state index is -0.249. The van der Waals surface area contributed by atoms with Gasteiger partial charge < -0.3 is 46.3 Å². The van der Waals surface area contributed by atoms with E-state index in [1.54, 1.807) is 12.4 Å². The second-order valence-electron chi connectivity index (χ2n) is 39.1. The van der Waals surface area contributed by atoms with Crippen molar-refractivity contribution >= 4 is 0 Å². The van der Waals surface area contributed by atoms with Gasteiger partial charge in [-0.2, -0.15) is 59.7 Å². The van der Waals surface area contributed by atoms with E-state index in [0.717, 1.165) is 33.6 Å². The fourth-order valence-electron chi connectivity index (χ4n) is 15.3. The Balaban J connectivity index is -0.000000105. The van der Waals surface area contributed by atoms with Crippen LogP contribution in [0.15, 0.2) is 122 Å². The van der Waals surface area contributed by atoms with Gasteiger partial charge in [-0.05, 0) is 6.20 Å². The molecular formula is C104H176K6N4-6. The molecule has 4 nitrogen and oxygen atoms in total. The summed E-state index contributed by atoms with van der Waals surface area (Å²) in [6.07, 6.45) is 11.1. The molecule has 114 heavy (non-hydrogen) atoms. The van der Waals surface area contributed by atoms with Crippen molar-refractivity contribution in [2.45, 2.75) is 349 Å². The second-order valence-corrected chi connectivity index (χ2v) is 39.1. The number of nitrogens with zero attached hydrogens (tertiary/aromatic N) is 4. The van der Waals surface area contributed by atoms with Gasteiger partial charge in [0.2, 0.25) is 0 Å². The topological polar surface area (TPSA) is 51.6 Å². The van der Waals surface area contributed by atoms with Crippen molar-refractivity contribution in [3.8, 4) is 0 Å². The second kappa shape index (κ2) is 63.9. The zero-order valence-electron chi connectivity index (χ0n) is 86.6. The van der Waals surface area contributed by atoms with Gasteiger partial charge in [-0.15, -0.1) is 40.6 Å². The Morgan fingerprint density at radius 2 is 0.561 bits per heavy atom. The first-order chi connectivity index (χ1) is 48.7. The molecule has 6 rings (SSSR count). The SMILES string of the molecule is CC.CC.CC.CC.CC.CC.[CH2-]C(c1[c-]cccc1)(C(C)(C)C)C(C)(C)C.[CH2-]C(c1[c-]cccn1)(C(C)(C)C)C(C)(C)C.[CH2-]C(c1[c-]ccnc1)(C(C)(C)C)C(C)(C)C.[CH2-]c1ccccc1[C-](C(C)(C)C)C(C)(C)C.[CH2-]c1cccnc1[C-](C(C)(C)C)C(C)(C)C.[CH2-]c1ccncc1[C-](C(C)(C)C)C(C)(C)C.[K+].[K+].[K+].[K+].[K+].[K+]. The number of benzene rings is 2. The third-order valence-corrected chi connectivity index (χ3v) is 19.0. The number of rotatable bonds is 6. The third-order valence-electron chi connectivity index (χ3n) is 19.0. The molecule has 0 aliphatic rings. The molecule has 624 valence electrons. The van der Waals surface area contributed by atoms with Crippen LogP contribution in [0.25, 0.3) is 0 Å². The van der Waals surface area contributed by atoms with Gasteiger partial charge in [0.05, 0.1) is 0 Å². The van der Waals surface area contributed by atoms with E-state index in [2.05, 4.69) is 365 Å².